The molecule has 0 radical (unpaired) electrons. The Hall–Kier alpha value is -3.14. The molecule has 2 aromatic carbocycles. The fourth-order valence-electron chi connectivity index (χ4n) is 3.40. The Kier molecular flexibility index (Phi) is 11.0. The first kappa shape index (κ1) is 25.9. The normalized spacial score (nSPS) is 13.4. The van der Waals surface area contributed by atoms with Crippen LogP contribution in [0, 0.1) is 6.92 Å². The van der Waals surface area contributed by atoms with Gasteiger partial charge < -0.3 is 22.1 Å². The molecule has 2 aromatic rings. The first-order valence-electron chi connectivity index (χ1n) is 11.3. The van der Waals surface area contributed by atoms with E-state index in [4.69, 9.17) is 17.2 Å². The Morgan fingerprint density at radius 2 is 1.42 bits per heavy atom. The molecule has 4 nitrogen and oxygen atoms in total. The van der Waals surface area contributed by atoms with Crippen LogP contribution in [-0.4, -0.2) is 13.1 Å². The molecular formula is C27H40N4. The lowest BCUT2D eigenvalue weighted by Crippen LogP contribution is -2.30. The Labute approximate surface area is 189 Å². The highest BCUT2D eigenvalue weighted by molar-refractivity contribution is 5.85. The molecule has 168 valence electrons. The van der Waals surface area contributed by atoms with Crippen LogP contribution in [0.15, 0.2) is 72.6 Å². The van der Waals surface area contributed by atoms with Gasteiger partial charge in [-0.3, -0.25) is 0 Å². The zero-order chi connectivity index (χ0) is 23.4. The summed E-state index contributed by atoms with van der Waals surface area (Å²) in [5.41, 5.74) is 25.3. The van der Waals surface area contributed by atoms with Gasteiger partial charge in [-0.1, -0.05) is 76.2 Å². The Bertz CT molecular complexity index is 878. The molecule has 0 saturated carbocycles. The molecule has 0 unspecified atom stereocenters. The highest BCUT2D eigenvalue weighted by Crippen LogP contribution is 2.26. The van der Waals surface area contributed by atoms with Crippen molar-refractivity contribution in [2.75, 3.05) is 18.0 Å². The molecule has 4 heteroatoms. The number of rotatable bonds is 4. The molecule has 0 aliphatic carbocycles. The van der Waals surface area contributed by atoms with Crippen molar-refractivity contribution < 1.29 is 0 Å². The number of aryl methyl sites for hydroxylation is 1. The maximum Gasteiger partial charge on any atom is 0.101 e. The maximum atomic E-state index is 6.33. The van der Waals surface area contributed by atoms with Crippen LogP contribution >= 0.6 is 0 Å². The third-order valence-electron chi connectivity index (χ3n) is 5.08. The van der Waals surface area contributed by atoms with E-state index < -0.39 is 0 Å². The number of benzene rings is 2. The van der Waals surface area contributed by atoms with Gasteiger partial charge in [-0.2, -0.15) is 0 Å². The zero-order valence-corrected chi connectivity index (χ0v) is 19.9. The molecule has 1 aliphatic heterocycles. The topological polar surface area (TPSA) is 81.3 Å². The summed E-state index contributed by atoms with van der Waals surface area (Å²) in [5, 5.41) is 0. The van der Waals surface area contributed by atoms with Crippen LogP contribution in [0.5, 0.6) is 0 Å². The van der Waals surface area contributed by atoms with E-state index in [2.05, 4.69) is 35.7 Å². The number of nitrogens with two attached hydrogens (primary N) is 3. The van der Waals surface area contributed by atoms with Gasteiger partial charge in [-0.25, -0.2) is 0 Å². The first-order valence-corrected chi connectivity index (χ1v) is 11.3. The van der Waals surface area contributed by atoms with Crippen molar-refractivity contribution >= 4 is 17.0 Å². The molecule has 0 bridgehead atoms. The predicted molar refractivity (Wildman–Crippen MR) is 138 cm³/mol. The van der Waals surface area contributed by atoms with Gasteiger partial charge in [0.1, 0.15) is 5.82 Å². The van der Waals surface area contributed by atoms with Crippen LogP contribution in [0.25, 0.3) is 11.3 Å². The van der Waals surface area contributed by atoms with E-state index in [1.807, 2.05) is 65.0 Å². The quantitative estimate of drug-likeness (QED) is 0.432. The van der Waals surface area contributed by atoms with Crippen molar-refractivity contribution in [1.29, 1.82) is 0 Å². The summed E-state index contributed by atoms with van der Waals surface area (Å²) in [6.45, 7) is 16.1. The number of piperidine rings is 1. The predicted octanol–water partition coefficient (Wildman–Crippen LogP) is 5.79. The Balaban J connectivity index is 0.00000113. The molecule has 1 saturated heterocycles. The van der Waals surface area contributed by atoms with E-state index in [9.17, 15) is 0 Å². The van der Waals surface area contributed by atoms with Crippen molar-refractivity contribution in [3.8, 4) is 0 Å². The lowest BCUT2D eigenvalue weighted by Gasteiger charge is -2.30. The third-order valence-corrected chi connectivity index (χ3v) is 5.08. The summed E-state index contributed by atoms with van der Waals surface area (Å²) in [4.78, 5) is 2.38. The summed E-state index contributed by atoms with van der Waals surface area (Å²) in [7, 11) is 0. The minimum absolute atomic E-state index is 0.258. The molecule has 3 rings (SSSR count). The number of hydrogen-bond donors (Lipinski definition) is 3. The summed E-state index contributed by atoms with van der Waals surface area (Å²) >= 11 is 0. The molecular weight excluding hydrogens is 380 g/mol. The van der Waals surface area contributed by atoms with E-state index in [0.29, 0.717) is 5.70 Å². The molecule has 0 amide bonds. The summed E-state index contributed by atoms with van der Waals surface area (Å²) < 4.78 is 0. The van der Waals surface area contributed by atoms with Crippen molar-refractivity contribution in [3.63, 3.8) is 0 Å². The van der Waals surface area contributed by atoms with Gasteiger partial charge in [0, 0.05) is 35.6 Å². The average molecular weight is 421 g/mol. The standard InChI is InChI=1S/C23H28N4.2C2H6/c1-16-11-13-27(14-12-16)19-9-7-18(8-10-19)21(23(25)26)15-22(24)20-6-4-3-5-17(20)2;2*1-2/h3-10,15H,1,11-14,24-26H2,2H3;2*1-2H3/b22-15-;;. The van der Waals surface area contributed by atoms with Crippen LogP contribution in [0.3, 0.4) is 0 Å². The lowest BCUT2D eigenvalue weighted by atomic mass is 9.99. The minimum Gasteiger partial charge on any atom is -0.398 e. The second-order valence-corrected chi connectivity index (χ2v) is 7.07. The van der Waals surface area contributed by atoms with E-state index in [-0.39, 0.29) is 5.82 Å². The number of allylic oxidation sites excluding steroid dienone is 2. The van der Waals surface area contributed by atoms with Crippen molar-refractivity contribution in [2.24, 2.45) is 17.2 Å². The van der Waals surface area contributed by atoms with Crippen LogP contribution in [0.2, 0.25) is 0 Å². The molecule has 6 N–H and O–H groups in total. The SMILES string of the molecule is C=C1CCN(c2ccc(C(/C=C(\N)c3ccccc3C)=C(N)N)cc2)CC1.CC.CC. The molecule has 0 atom stereocenters. The largest absolute Gasteiger partial charge is 0.398 e. The van der Waals surface area contributed by atoms with E-state index >= 15 is 0 Å². The zero-order valence-electron chi connectivity index (χ0n) is 19.9. The summed E-state index contributed by atoms with van der Waals surface area (Å²) in [5.74, 6) is 0.258. The molecule has 31 heavy (non-hydrogen) atoms. The van der Waals surface area contributed by atoms with Crippen molar-refractivity contribution in [3.05, 3.63) is 89.3 Å². The Morgan fingerprint density at radius 3 is 1.94 bits per heavy atom. The van der Waals surface area contributed by atoms with Crippen LogP contribution in [0.4, 0.5) is 5.69 Å². The molecule has 1 heterocycles. The number of nitrogens with zero attached hydrogens (tertiary/aromatic N) is 1. The van der Waals surface area contributed by atoms with Crippen LogP contribution in [-0.2, 0) is 0 Å². The molecule has 1 aliphatic rings. The van der Waals surface area contributed by atoms with Crippen molar-refractivity contribution in [1.82, 2.24) is 0 Å². The van der Waals surface area contributed by atoms with Gasteiger partial charge in [0.15, 0.2) is 0 Å². The van der Waals surface area contributed by atoms with Gasteiger partial charge in [0.25, 0.3) is 0 Å². The van der Waals surface area contributed by atoms with Crippen LogP contribution in [0.1, 0.15) is 57.2 Å². The van der Waals surface area contributed by atoms with Gasteiger partial charge in [-0.15, -0.1) is 0 Å². The average Bonchev–Trinajstić information content (AvgIpc) is 2.81. The van der Waals surface area contributed by atoms with Gasteiger partial charge in [0.05, 0.1) is 0 Å². The fourth-order valence-corrected chi connectivity index (χ4v) is 3.40. The van der Waals surface area contributed by atoms with Crippen LogP contribution < -0.4 is 22.1 Å². The minimum atomic E-state index is 0.258. The highest BCUT2D eigenvalue weighted by atomic mass is 15.1. The fraction of sp³-hybridized carbons (Fsp3) is 0.333. The van der Waals surface area contributed by atoms with E-state index in [0.717, 1.165) is 48.2 Å². The second kappa shape index (κ2) is 13.2. The van der Waals surface area contributed by atoms with E-state index in [1.165, 1.54) is 11.3 Å². The van der Waals surface area contributed by atoms with Gasteiger partial charge >= 0.3 is 0 Å². The number of anilines is 1. The summed E-state index contributed by atoms with van der Waals surface area (Å²) in [6, 6.07) is 16.3. The smallest absolute Gasteiger partial charge is 0.101 e. The molecule has 0 spiro atoms. The number of hydrogen-bond acceptors (Lipinski definition) is 4. The second-order valence-electron chi connectivity index (χ2n) is 7.07. The monoisotopic (exact) mass is 420 g/mol. The van der Waals surface area contributed by atoms with Gasteiger partial charge in [0.2, 0.25) is 0 Å². The van der Waals surface area contributed by atoms with Crippen molar-refractivity contribution in [2.45, 2.75) is 47.5 Å². The molecule has 0 aromatic heterocycles. The first-order chi connectivity index (χ1) is 15.0. The third kappa shape index (κ3) is 7.25. The highest BCUT2D eigenvalue weighted by Gasteiger charge is 2.13. The molecule has 1 fully saturated rings. The lowest BCUT2D eigenvalue weighted by molar-refractivity contribution is 0.687. The Morgan fingerprint density at radius 1 is 0.871 bits per heavy atom. The van der Waals surface area contributed by atoms with E-state index in [1.54, 1.807) is 0 Å². The summed E-state index contributed by atoms with van der Waals surface area (Å²) in [6.07, 6.45) is 3.97. The maximum absolute atomic E-state index is 6.33. The van der Waals surface area contributed by atoms with Gasteiger partial charge in [-0.05, 0) is 49.1 Å².